The van der Waals surface area contributed by atoms with E-state index in [1.165, 1.54) is 11.3 Å². The third-order valence-electron chi connectivity index (χ3n) is 3.05. The maximum Gasteiger partial charge on any atom is 0.408 e. The maximum absolute atomic E-state index is 12.6. The molecular formula is C16H27N3O4S2. The van der Waals surface area contributed by atoms with Gasteiger partial charge >= 0.3 is 6.09 Å². The molecule has 0 aliphatic rings. The molecule has 0 aromatic carbocycles. The van der Waals surface area contributed by atoms with Crippen LogP contribution in [0.1, 0.15) is 45.9 Å². The number of amides is 2. The summed E-state index contributed by atoms with van der Waals surface area (Å²) in [6.45, 7) is 10.7. The molecule has 25 heavy (non-hydrogen) atoms. The number of nitrogens with zero attached hydrogens (tertiary/aromatic N) is 1. The zero-order valence-corrected chi connectivity index (χ0v) is 17.1. The molecule has 2 amide bonds. The number of carbonyl (C=O) groups excluding carboxylic acids is 2. The van der Waals surface area contributed by atoms with Crippen LogP contribution < -0.4 is 10.5 Å². The summed E-state index contributed by atoms with van der Waals surface area (Å²) in [5, 5.41) is 10.0. The number of nitrogens with one attached hydrogen (secondary N) is 1. The SMILES string of the molecule is Cc1sccc1S(N)(=O)=NC(=O)[C@H](CC(C)C)NC(=O)OC(C)(C)C. The van der Waals surface area contributed by atoms with Gasteiger partial charge < -0.3 is 10.1 Å². The topological polar surface area (TPSA) is 111 Å². The summed E-state index contributed by atoms with van der Waals surface area (Å²) < 4.78 is 21.5. The molecule has 1 rings (SSSR count). The highest BCUT2D eigenvalue weighted by molar-refractivity contribution is 7.92. The van der Waals surface area contributed by atoms with E-state index in [1.807, 2.05) is 13.8 Å². The predicted molar refractivity (Wildman–Crippen MR) is 99.7 cm³/mol. The van der Waals surface area contributed by atoms with E-state index in [1.54, 1.807) is 39.1 Å². The molecule has 0 saturated heterocycles. The minimum absolute atomic E-state index is 0.107. The maximum atomic E-state index is 12.6. The van der Waals surface area contributed by atoms with Crippen molar-refractivity contribution in [3.63, 3.8) is 0 Å². The van der Waals surface area contributed by atoms with Crippen LogP contribution in [0.5, 0.6) is 0 Å². The van der Waals surface area contributed by atoms with Gasteiger partial charge in [0.2, 0.25) is 0 Å². The van der Waals surface area contributed by atoms with E-state index >= 15 is 0 Å². The van der Waals surface area contributed by atoms with Gasteiger partial charge in [-0.25, -0.2) is 14.1 Å². The van der Waals surface area contributed by atoms with E-state index in [0.717, 1.165) is 4.88 Å². The number of hydrogen-bond acceptors (Lipinski definition) is 5. The van der Waals surface area contributed by atoms with Crippen LogP contribution in [0.15, 0.2) is 20.7 Å². The standard InChI is InChI=1S/C16H27N3O4S2/c1-10(2)9-12(18-15(21)23-16(4,5)6)14(20)19-25(17,22)13-7-8-24-11(13)3/h7-8,10,12H,9H2,1-6H3,(H,18,21)(H2,17,19,20,22)/t12-,25?/m0/s1. The van der Waals surface area contributed by atoms with Crippen LogP contribution in [0.4, 0.5) is 4.79 Å². The first-order chi connectivity index (χ1) is 11.3. The molecular weight excluding hydrogens is 362 g/mol. The monoisotopic (exact) mass is 389 g/mol. The average Bonchev–Trinajstić information content (AvgIpc) is 2.81. The summed E-state index contributed by atoms with van der Waals surface area (Å²) >= 11 is 1.37. The highest BCUT2D eigenvalue weighted by Gasteiger charge is 2.26. The number of carbonyl (C=O) groups is 2. The molecule has 7 nitrogen and oxygen atoms in total. The van der Waals surface area contributed by atoms with Crippen molar-refractivity contribution in [1.82, 2.24) is 5.32 Å². The molecule has 1 aromatic heterocycles. The normalized spacial score (nSPS) is 15.4. The third-order valence-corrected chi connectivity index (χ3v) is 5.55. The van der Waals surface area contributed by atoms with Crippen LogP contribution in [-0.4, -0.2) is 27.9 Å². The van der Waals surface area contributed by atoms with Crippen molar-refractivity contribution < 1.29 is 18.5 Å². The number of ether oxygens (including phenoxy) is 1. The molecule has 9 heteroatoms. The minimum atomic E-state index is -3.35. The molecule has 3 N–H and O–H groups in total. The second-order valence-corrected chi connectivity index (χ2v) is 10.0. The van der Waals surface area contributed by atoms with Crippen molar-refractivity contribution in [2.24, 2.45) is 15.4 Å². The molecule has 142 valence electrons. The van der Waals surface area contributed by atoms with Crippen molar-refractivity contribution in [2.45, 2.75) is 64.5 Å². The zero-order chi connectivity index (χ0) is 19.4. The lowest BCUT2D eigenvalue weighted by Crippen LogP contribution is -2.44. The fourth-order valence-electron chi connectivity index (χ4n) is 2.07. The minimum Gasteiger partial charge on any atom is -0.444 e. The highest BCUT2D eigenvalue weighted by Crippen LogP contribution is 2.21. The summed E-state index contributed by atoms with van der Waals surface area (Å²) in [7, 11) is -3.35. The van der Waals surface area contributed by atoms with Crippen molar-refractivity contribution in [2.75, 3.05) is 0 Å². The second kappa shape index (κ2) is 8.29. The van der Waals surface area contributed by atoms with Gasteiger partial charge in [0.25, 0.3) is 5.91 Å². The van der Waals surface area contributed by atoms with E-state index in [2.05, 4.69) is 9.68 Å². The molecule has 1 unspecified atom stereocenters. The van der Waals surface area contributed by atoms with Crippen LogP contribution in [0.25, 0.3) is 0 Å². The Hall–Kier alpha value is -1.45. The van der Waals surface area contributed by atoms with Gasteiger partial charge in [-0.1, -0.05) is 13.8 Å². The molecule has 0 fully saturated rings. The molecule has 0 radical (unpaired) electrons. The number of rotatable bonds is 5. The van der Waals surface area contributed by atoms with Gasteiger partial charge in [0.05, 0.1) is 4.90 Å². The van der Waals surface area contributed by atoms with Crippen molar-refractivity contribution >= 4 is 33.3 Å². The lowest BCUT2D eigenvalue weighted by atomic mass is 10.0. The van der Waals surface area contributed by atoms with Crippen LogP contribution in [-0.2, 0) is 19.4 Å². The van der Waals surface area contributed by atoms with E-state index < -0.39 is 33.6 Å². The summed E-state index contributed by atoms with van der Waals surface area (Å²) in [5.74, 6) is -0.617. The fraction of sp³-hybridized carbons (Fsp3) is 0.625. The average molecular weight is 390 g/mol. The quantitative estimate of drug-likeness (QED) is 0.805. The van der Waals surface area contributed by atoms with Crippen molar-refractivity contribution in [1.29, 1.82) is 0 Å². The molecule has 0 aliphatic carbocycles. The van der Waals surface area contributed by atoms with Gasteiger partial charge in [0.15, 0.2) is 0 Å². The van der Waals surface area contributed by atoms with Crippen LogP contribution in [0.3, 0.4) is 0 Å². The Bertz CT molecular complexity index is 741. The number of hydrogen-bond donors (Lipinski definition) is 2. The van der Waals surface area contributed by atoms with Gasteiger partial charge in [-0.2, -0.15) is 0 Å². The van der Waals surface area contributed by atoms with E-state index in [-0.39, 0.29) is 5.92 Å². The molecule has 0 saturated carbocycles. The van der Waals surface area contributed by atoms with Crippen LogP contribution >= 0.6 is 11.3 Å². The second-order valence-electron chi connectivity index (χ2n) is 7.17. The summed E-state index contributed by atoms with van der Waals surface area (Å²) in [4.78, 5) is 25.6. The number of nitrogens with two attached hydrogens (primary N) is 1. The van der Waals surface area contributed by atoms with Gasteiger partial charge in [0.1, 0.15) is 21.6 Å². The highest BCUT2D eigenvalue weighted by atomic mass is 32.2. The molecule has 0 spiro atoms. The first kappa shape index (κ1) is 21.6. The lowest BCUT2D eigenvalue weighted by molar-refractivity contribution is -0.120. The zero-order valence-electron chi connectivity index (χ0n) is 15.5. The Morgan fingerprint density at radius 1 is 1.40 bits per heavy atom. The first-order valence-corrected chi connectivity index (χ1v) is 10.4. The molecule has 0 bridgehead atoms. The number of alkyl carbamates (subject to hydrolysis) is 1. The largest absolute Gasteiger partial charge is 0.444 e. The lowest BCUT2D eigenvalue weighted by Gasteiger charge is -2.23. The Balaban J connectivity index is 3.05. The van der Waals surface area contributed by atoms with E-state index in [0.29, 0.717) is 11.3 Å². The summed E-state index contributed by atoms with van der Waals surface area (Å²) in [6, 6.07) is 0.649. The van der Waals surface area contributed by atoms with Crippen molar-refractivity contribution in [3.8, 4) is 0 Å². The third kappa shape index (κ3) is 7.13. The molecule has 0 aliphatic heterocycles. The molecule has 2 atom stereocenters. The Morgan fingerprint density at radius 2 is 2.00 bits per heavy atom. The Morgan fingerprint density at radius 3 is 2.44 bits per heavy atom. The Labute approximate surface area is 153 Å². The summed E-state index contributed by atoms with van der Waals surface area (Å²) in [6.07, 6.45) is -0.392. The smallest absolute Gasteiger partial charge is 0.408 e. The molecule has 1 aromatic rings. The van der Waals surface area contributed by atoms with E-state index in [9.17, 15) is 13.8 Å². The molecule has 1 heterocycles. The van der Waals surface area contributed by atoms with Gasteiger partial charge in [-0.05, 0) is 51.5 Å². The van der Waals surface area contributed by atoms with Gasteiger partial charge in [0, 0.05) is 4.88 Å². The number of aryl methyl sites for hydroxylation is 1. The van der Waals surface area contributed by atoms with Crippen LogP contribution in [0, 0.1) is 12.8 Å². The van der Waals surface area contributed by atoms with Crippen molar-refractivity contribution in [3.05, 3.63) is 16.3 Å². The predicted octanol–water partition coefficient (Wildman–Crippen LogP) is 3.22. The van der Waals surface area contributed by atoms with Gasteiger partial charge in [-0.15, -0.1) is 15.7 Å². The number of thiophene rings is 1. The fourth-order valence-corrected chi connectivity index (χ4v) is 4.41. The Kier molecular flexibility index (Phi) is 7.16. The summed E-state index contributed by atoms with van der Waals surface area (Å²) in [5.41, 5.74) is -0.693. The van der Waals surface area contributed by atoms with Crippen LogP contribution in [0.2, 0.25) is 0 Å². The van der Waals surface area contributed by atoms with E-state index in [4.69, 9.17) is 9.88 Å². The van der Waals surface area contributed by atoms with Gasteiger partial charge in [-0.3, -0.25) is 4.79 Å². The first-order valence-electron chi connectivity index (χ1n) is 7.94.